The predicted octanol–water partition coefficient (Wildman–Crippen LogP) is 1.29. The van der Waals surface area contributed by atoms with Crippen LogP contribution in [0.3, 0.4) is 0 Å². The molecule has 2 heterocycles. The molecule has 3 heteroatoms. The summed E-state index contributed by atoms with van der Waals surface area (Å²) in [6.45, 7) is 1.11. The summed E-state index contributed by atoms with van der Waals surface area (Å²) in [5, 5.41) is 11.4. The fourth-order valence-electron chi connectivity index (χ4n) is 1.60. The van der Waals surface area contributed by atoms with Crippen molar-refractivity contribution in [2.45, 2.75) is 25.3 Å². The molecule has 3 nitrogen and oxygen atoms in total. The molecule has 1 unspecified atom stereocenters. The molecule has 1 aromatic heterocycles. The molecule has 0 aromatic carbocycles. The van der Waals surface area contributed by atoms with Gasteiger partial charge in [0.1, 0.15) is 0 Å². The van der Waals surface area contributed by atoms with Gasteiger partial charge in [-0.1, -0.05) is 6.42 Å². The molecular weight excluding hydrogens is 150 g/mol. The number of nitrogens with one attached hydrogen (secondary N) is 1. The zero-order valence-electron chi connectivity index (χ0n) is 7.03. The molecule has 2 rings (SSSR count). The molecule has 1 N–H and O–H groups in total. The van der Waals surface area contributed by atoms with Crippen molar-refractivity contribution in [3.8, 4) is 0 Å². The van der Waals surface area contributed by atoms with E-state index < -0.39 is 0 Å². The van der Waals surface area contributed by atoms with Crippen molar-refractivity contribution in [1.82, 2.24) is 15.5 Å². The van der Waals surface area contributed by atoms with Crippen molar-refractivity contribution in [2.24, 2.45) is 0 Å². The lowest BCUT2D eigenvalue weighted by Gasteiger charge is -2.22. The summed E-state index contributed by atoms with van der Waals surface area (Å²) >= 11 is 0. The van der Waals surface area contributed by atoms with E-state index in [1.807, 2.05) is 12.1 Å². The first-order chi connectivity index (χ1) is 5.97. The SMILES string of the molecule is c1cnnc(C2CCCCN2)c1. The Balaban J connectivity index is 2.08. The van der Waals surface area contributed by atoms with E-state index in [-0.39, 0.29) is 0 Å². The maximum absolute atomic E-state index is 4.09. The summed E-state index contributed by atoms with van der Waals surface area (Å²) in [7, 11) is 0. The van der Waals surface area contributed by atoms with E-state index in [1.165, 1.54) is 19.3 Å². The highest BCUT2D eigenvalue weighted by Crippen LogP contribution is 2.19. The van der Waals surface area contributed by atoms with Crippen molar-refractivity contribution < 1.29 is 0 Å². The first-order valence-electron chi connectivity index (χ1n) is 4.48. The molecule has 0 spiro atoms. The van der Waals surface area contributed by atoms with Gasteiger partial charge in [0, 0.05) is 6.20 Å². The van der Waals surface area contributed by atoms with Crippen molar-refractivity contribution in [2.75, 3.05) is 6.54 Å². The lowest BCUT2D eigenvalue weighted by atomic mass is 10.0. The lowest BCUT2D eigenvalue weighted by Crippen LogP contribution is -2.27. The van der Waals surface area contributed by atoms with Crippen LogP contribution in [0.25, 0.3) is 0 Å². The van der Waals surface area contributed by atoms with Crippen molar-refractivity contribution in [3.05, 3.63) is 24.0 Å². The molecular formula is C9H13N3. The number of hydrogen-bond acceptors (Lipinski definition) is 3. The highest BCUT2D eigenvalue weighted by molar-refractivity contribution is 5.05. The first-order valence-corrected chi connectivity index (χ1v) is 4.48. The van der Waals surface area contributed by atoms with Crippen LogP contribution in [0.4, 0.5) is 0 Å². The topological polar surface area (TPSA) is 37.8 Å². The number of nitrogens with zero attached hydrogens (tertiary/aromatic N) is 2. The number of rotatable bonds is 1. The monoisotopic (exact) mass is 163 g/mol. The van der Waals surface area contributed by atoms with Crippen LogP contribution in [-0.4, -0.2) is 16.7 Å². The Bertz CT molecular complexity index is 229. The zero-order valence-corrected chi connectivity index (χ0v) is 7.03. The molecule has 64 valence electrons. The lowest BCUT2D eigenvalue weighted by molar-refractivity contribution is 0.403. The summed E-state index contributed by atoms with van der Waals surface area (Å²) in [6, 6.07) is 4.42. The van der Waals surface area contributed by atoms with Crippen LogP contribution in [0.5, 0.6) is 0 Å². The van der Waals surface area contributed by atoms with Gasteiger partial charge < -0.3 is 5.32 Å². The Labute approximate surface area is 72.2 Å². The second-order valence-electron chi connectivity index (χ2n) is 3.15. The molecule has 0 saturated carbocycles. The van der Waals surface area contributed by atoms with Gasteiger partial charge in [0.2, 0.25) is 0 Å². The molecule has 1 aliphatic heterocycles. The standard InChI is InChI=1S/C9H13N3/c1-2-6-10-8(4-1)9-5-3-7-11-12-9/h3,5,7-8,10H,1-2,4,6H2. The van der Waals surface area contributed by atoms with Crippen LogP contribution in [0.15, 0.2) is 18.3 Å². The average molecular weight is 163 g/mol. The van der Waals surface area contributed by atoms with E-state index >= 15 is 0 Å². The smallest absolute Gasteiger partial charge is 0.0800 e. The molecule has 1 saturated heterocycles. The molecule has 1 atom stereocenters. The molecule has 1 aliphatic rings. The van der Waals surface area contributed by atoms with Gasteiger partial charge >= 0.3 is 0 Å². The second kappa shape index (κ2) is 3.63. The quantitative estimate of drug-likeness (QED) is 0.678. The molecule has 1 fully saturated rings. The van der Waals surface area contributed by atoms with E-state index in [2.05, 4.69) is 15.5 Å². The van der Waals surface area contributed by atoms with Gasteiger partial charge in [-0.2, -0.15) is 10.2 Å². The first kappa shape index (κ1) is 7.68. The minimum absolute atomic E-state index is 0.437. The Morgan fingerprint density at radius 1 is 1.42 bits per heavy atom. The fourth-order valence-corrected chi connectivity index (χ4v) is 1.60. The third kappa shape index (κ3) is 1.61. The third-order valence-corrected chi connectivity index (χ3v) is 2.26. The van der Waals surface area contributed by atoms with Crippen molar-refractivity contribution >= 4 is 0 Å². The fraction of sp³-hybridized carbons (Fsp3) is 0.556. The van der Waals surface area contributed by atoms with Gasteiger partial charge in [-0.15, -0.1) is 0 Å². The Hall–Kier alpha value is -0.960. The average Bonchev–Trinajstić information content (AvgIpc) is 2.21. The van der Waals surface area contributed by atoms with Crippen LogP contribution in [0, 0.1) is 0 Å². The van der Waals surface area contributed by atoms with Crippen molar-refractivity contribution in [3.63, 3.8) is 0 Å². The van der Waals surface area contributed by atoms with E-state index in [1.54, 1.807) is 6.20 Å². The second-order valence-corrected chi connectivity index (χ2v) is 3.15. The number of piperidine rings is 1. The molecule has 0 radical (unpaired) electrons. The van der Waals surface area contributed by atoms with E-state index in [4.69, 9.17) is 0 Å². The minimum Gasteiger partial charge on any atom is -0.309 e. The van der Waals surface area contributed by atoms with Crippen LogP contribution in [0.2, 0.25) is 0 Å². The molecule has 0 bridgehead atoms. The van der Waals surface area contributed by atoms with Gasteiger partial charge in [0.05, 0.1) is 11.7 Å². The molecule has 0 amide bonds. The summed E-state index contributed by atoms with van der Waals surface area (Å²) in [5.41, 5.74) is 1.08. The number of aromatic nitrogens is 2. The summed E-state index contributed by atoms with van der Waals surface area (Å²) in [6.07, 6.45) is 5.50. The van der Waals surface area contributed by atoms with Gasteiger partial charge in [-0.05, 0) is 31.5 Å². The van der Waals surface area contributed by atoms with Gasteiger partial charge in [0.15, 0.2) is 0 Å². The highest BCUT2D eigenvalue weighted by atomic mass is 15.1. The maximum atomic E-state index is 4.09. The van der Waals surface area contributed by atoms with Crippen LogP contribution < -0.4 is 5.32 Å². The molecule has 12 heavy (non-hydrogen) atoms. The Morgan fingerprint density at radius 3 is 3.08 bits per heavy atom. The van der Waals surface area contributed by atoms with Crippen LogP contribution in [0.1, 0.15) is 31.0 Å². The highest BCUT2D eigenvalue weighted by Gasteiger charge is 2.15. The predicted molar refractivity (Wildman–Crippen MR) is 46.6 cm³/mol. The van der Waals surface area contributed by atoms with Crippen LogP contribution >= 0.6 is 0 Å². The normalized spacial score (nSPS) is 23.8. The summed E-state index contributed by atoms with van der Waals surface area (Å²) in [4.78, 5) is 0. The number of hydrogen-bond donors (Lipinski definition) is 1. The third-order valence-electron chi connectivity index (χ3n) is 2.26. The van der Waals surface area contributed by atoms with E-state index in [0.29, 0.717) is 6.04 Å². The van der Waals surface area contributed by atoms with Crippen molar-refractivity contribution in [1.29, 1.82) is 0 Å². The molecule has 1 aromatic rings. The van der Waals surface area contributed by atoms with Crippen LogP contribution in [-0.2, 0) is 0 Å². The minimum atomic E-state index is 0.437. The maximum Gasteiger partial charge on any atom is 0.0800 e. The Morgan fingerprint density at radius 2 is 2.42 bits per heavy atom. The van der Waals surface area contributed by atoms with Gasteiger partial charge in [-0.3, -0.25) is 0 Å². The summed E-state index contributed by atoms with van der Waals surface area (Å²) < 4.78 is 0. The summed E-state index contributed by atoms with van der Waals surface area (Å²) in [5.74, 6) is 0. The van der Waals surface area contributed by atoms with E-state index in [0.717, 1.165) is 12.2 Å². The van der Waals surface area contributed by atoms with E-state index in [9.17, 15) is 0 Å². The largest absolute Gasteiger partial charge is 0.309 e. The molecule has 0 aliphatic carbocycles. The van der Waals surface area contributed by atoms with Gasteiger partial charge in [-0.25, -0.2) is 0 Å². The Kier molecular flexibility index (Phi) is 2.32. The van der Waals surface area contributed by atoms with Gasteiger partial charge in [0.25, 0.3) is 0 Å². The zero-order chi connectivity index (χ0) is 8.23.